The van der Waals surface area contributed by atoms with Crippen LogP contribution in [-0.2, 0) is 6.54 Å². The molecule has 134 valence electrons. The van der Waals surface area contributed by atoms with Crippen LogP contribution in [0, 0.1) is 0 Å². The quantitative estimate of drug-likeness (QED) is 0.688. The van der Waals surface area contributed by atoms with E-state index >= 15 is 0 Å². The lowest BCUT2D eigenvalue weighted by atomic mass is 10.1. The minimum atomic E-state index is -1.87. The van der Waals surface area contributed by atoms with Crippen LogP contribution in [0.5, 0.6) is 11.5 Å². The number of rotatable bonds is 4. The number of hydrogen-bond acceptors (Lipinski definition) is 4. The highest BCUT2D eigenvalue weighted by atomic mass is 19.3. The Morgan fingerprint density at radius 3 is 2.73 bits per heavy atom. The van der Waals surface area contributed by atoms with Gasteiger partial charge in [-0.2, -0.15) is 18.3 Å². The van der Waals surface area contributed by atoms with Gasteiger partial charge in [0.15, 0.2) is 11.5 Å². The Morgan fingerprint density at radius 2 is 1.96 bits per heavy atom. The average Bonchev–Trinajstić information content (AvgIpc) is 3.23. The SMILES string of the molecule is NCC(Cn1[nH]c2cc(-c3ccc4c(c3)OCO4)cc[n+]2c1=O)=C(F)F. The van der Waals surface area contributed by atoms with Crippen LogP contribution in [0.3, 0.4) is 0 Å². The number of hydrogen-bond donors (Lipinski definition) is 2. The fourth-order valence-electron chi connectivity index (χ4n) is 2.82. The largest absolute Gasteiger partial charge is 0.476 e. The molecule has 1 aliphatic heterocycles. The molecule has 1 aliphatic rings. The Morgan fingerprint density at radius 1 is 1.19 bits per heavy atom. The molecule has 7 nitrogen and oxygen atoms in total. The first kappa shape index (κ1) is 16.3. The van der Waals surface area contributed by atoms with Crippen molar-refractivity contribution < 1.29 is 22.7 Å². The number of nitrogens with zero attached hydrogens (tertiary/aromatic N) is 2. The van der Waals surface area contributed by atoms with Crippen LogP contribution < -0.4 is 25.3 Å². The van der Waals surface area contributed by atoms with Crippen LogP contribution in [0.25, 0.3) is 16.8 Å². The Bertz CT molecular complexity index is 1080. The van der Waals surface area contributed by atoms with E-state index in [1.165, 1.54) is 4.40 Å². The van der Waals surface area contributed by atoms with E-state index in [4.69, 9.17) is 15.2 Å². The van der Waals surface area contributed by atoms with Crippen molar-refractivity contribution in [3.8, 4) is 22.6 Å². The number of benzene rings is 1. The van der Waals surface area contributed by atoms with Gasteiger partial charge >= 0.3 is 5.69 Å². The Balaban J connectivity index is 1.74. The normalized spacial score (nSPS) is 12.6. The predicted octanol–water partition coefficient (Wildman–Crippen LogP) is 1.42. The average molecular weight is 361 g/mol. The van der Waals surface area contributed by atoms with Crippen molar-refractivity contribution in [2.45, 2.75) is 6.54 Å². The molecule has 0 spiro atoms. The number of pyridine rings is 1. The number of fused-ring (bicyclic) bond motifs is 2. The lowest BCUT2D eigenvalue weighted by Crippen LogP contribution is -2.41. The van der Waals surface area contributed by atoms with Gasteiger partial charge in [-0.05, 0) is 29.3 Å². The van der Waals surface area contributed by atoms with Crippen LogP contribution in [0.2, 0.25) is 0 Å². The molecule has 0 aliphatic carbocycles. The summed E-state index contributed by atoms with van der Waals surface area (Å²) >= 11 is 0. The molecule has 3 N–H and O–H groups in total. The maximum atomic E-state index is 12.8. The summed E-state index contributed by atoms with van der Waals surface area (Å²) in [6.45, 7) is -0.429. The van der Waals surface area contributed by atoms with E-state index in [2.05, 4.69) is 5.10 Å². The zero-order chi connectivity index (χ0) is 18.3. The molecule has 0 atom stereocenters. The first-order chi connectivity index (χ1) is 12.6. The number of nitrogens with one attached hydrogen (secondary N) is 1. The molecular formula is C17H15F2N4O3+. The number of H-pyrrole nitrogens is 1. The van der Waals surface area contributed by atoms with Crippen molar-refractivity contribution in [1.82, 2.24) is 9.78 Å². The first-order valence-corrected chi connectivity index (χ1v) is 7.84. The van der Waals surface area contributed by atoms with Gasteiger partial charge in [-0.15, -0.1) is 4.68 Å². The van der Waals surface area contributed by atoms with Crippen LogP contribution in [0.4, 0.5) is 8.78 Å². The monoisotopic (exact) mass is 361 g/mol. The molecule has 1 aromatic carbocycles. The molecule has 3 aromatic rings. The maximum absolute atomic E-state index is 12.8. The molecule has 4 rings (SSSR count). The van der Waals surface area contributed by atoms with Crippen LogP contribution in [-0.4, -0.2) is 23.1 Å². The minimum absolute atomic E-state index is 0.186. The second-order valence-electron chi connectivity index (χ2n) is 5.79. The highest BCUT2D eigenvalue weighted by Gasteiger charge is 2.19. The van der Waals surface area contributed by atoms with E-state index in [1.54, 1.807) is 18.3 Å². The number of aromatic nitrogens is 3. The Labute approximate surface area is 145 Å². The van der Waals surface area contributed by atoms with Crippen LogP contribution in [0.1, 0.15) is 0 Å². The first-order valence-electron chi connectivity index (χ1n) is 7.84. The lowest BCUT2D eigenvalue weighted by Gasteiger charge is -2.02. The van der Waals surface area contributed by atoms with Gasteiger partial charge in [0.2, 0.25) is 6.79 Å². The summed E-state index contributed by atoms with van der Waals surface area (Å²) in [6.07, 6.45) is -0.286. The predicted molar refractivity (Wildman–Crippen MR) is 88.1 cm³/mol. The van der Waals surface area contributed by atoms with Crippen molar-refractivity contribution in [1.29, 1.82) is 0 Å². The number of halogens is 2. The molecule has 2 aromatic heterocycles. The van der Waals surface area contributed by atoms with E-state index in [-0.39, 0.29) is 25.5 Å². The maximum Gasteiger partial charge on any atom is 0.476 e. The third kappa shape index (κ3) is 2.72. The molecule has 0 saturated carbocycles. The van der Waals surface area contributed by atoms with E-state index in [9.17, 15) is 13.6 Å². The van der Waals surface area contributed by atoms with E-state index in [1.807, 2.05) is 18.2 Å². The van der Waals surface area contributed by atoms with E-state index < -0.39 is 11.8 Å². The second-order valence-corrected chi connectivity index (χ2v) is 5.79. The van der Waals surface area contributed by atoms with Gasteiger partial charge in [-0.25, -0.2) is 4.79 Å². The van der Waals surface area contributed by atoms with Gasteiger partial charge in [0.1, 0.15) is 6.54 Å². The molecule has 0 amide bonds. The number of ether oxygens (including phenoxy) is 2. The minimum Gasteiger partial charge on any atom is -0.454 e. The summed E-state index contributed by atoms with van der Waals surface area (Å²) in [5.74, 6) is 1.33. The molecule has 0 saturated heterocycles. The number of aromatic amines is 1. The second kappa shape index (κ2) is 6.26. The zero-order valence-corrected chi connectivity index (χ0v) is 13.5. The van der Waals surface area contributed by atoms with Gasteiger partial charge in [-0.1, -0.05) is 6.07 Å². The third-order valence-electron chi connectivity index (χ3n) is 4.21. The molecule has 3 heterocycles. The van der Waals surface area contributed by atoms with Crippen molar-refractivity contribution >= 4 is 5.65 Å². The summed E-state index contributed by atoms with van der Waals surface area (Å²) < 4.78 is 38.7. The molecular weight excluding hydrogens is 346 g/mol. The summed E-state index contributed by atoms with van der Waals surface area (Å²) in [4.78, 5) is 12.4. The van der Waals surface area contributed by atoms with E-state index in [0.717, 1.165) is 15.8 Å². The van der Waals surface area contributed by atoms with Crippen molar-refractivity contribution in [3.63, 3.8) is 0 Å². The molecule has 0 fully saturated rings. The summed E-state index contributed by atoms with van der Waals surface area (Å²) in [7, 11) is 0. The van der Waals surface area contributed by atoms with Crippen molar-refractivity contribution in [2.24, 2.45) is 5.73 Å². The number of nitrogens with two attached hydrogens (primary N) is 1. The lowest BCUT2D eigenvalue weighted by molar-refractivity contribution is -0.530. The van der Waals surface area contributed by atoms with Crippen molar-refractivity contribution in [2.75, 3.05) is 13.3 Å². The highest BCUT2D eigenvalue weighted by molar-refractivity contribution is 5.69. The molecule has 9 heteroatoms. The van der Waals surface area contributed by atoms with Gasteiger partial charge in [-0.3, -0.25) is 0 Å². The fraction of sp³-hybridized carbons (Fsp3) is 0.176. The Kier molecular flexibility index (Phi) is 3.92. The zero-order valence-electron chi connectivity index (χ0n) is 13.5. The molecule has 0 unspecified atom stereocenters. The highest BCUT2D eigenvalue weighted by Crippen LogP contribution is 2.35. The van der Waals surface area contributed by atoms with Gasteiger partial charge < -0.3 is 15.2 Å². The summed E-state index contributed by atoms with van der Waals surface area (Å²) in [5, 5.41) is 2.83. The topological polar surface area (TPSA) is 86.4 Å². The van der Waals surface area contributed by atoms with Gasteiger partial charge in [0, 0.05) is 18.2 Å². The van der Waals surface area contributed by atoms with Crippen molar-refractivity contribution in [3.05, 3.63) is 58.7 Å². The standard InChI is InChI=1S/C17H14F2N4O3/c18-16(19)12(7-20)8-23-17(24)22-4-3-11(6-15(22)21-23)10-1-2-13-14(5-10)26-9-25-13/h1-6H,7-9,20H2/p+1. The smallest absolute Gasteiger partial charge is 0.454 e. The summed E-state index contributed by atoms with van der Waals surface area (Å²) in [5.41, 5.74) is 6.75. The fourth-order valence-corrected chi connectivity index (χ4v) is 2.82. The Hall–Kier alpha value is -3.20. The van der Waals surface area contributed by atoms with Crippen LogP contribution in [0.15, 0.2) is 53.0 Å². The van der Waals surface area contributed by atoms with E-state index in [0.29, 0.717) is 17.1 Å². The third-order valence-corrected chi connectivity index (χ3v) is 4.21. The summed E-state index contributed by atoms with van der Waals surface area (Å²) in [6, 6.07) is 9.05. The molecule has 0 bridgehead atoms. The van der Waals surface area contributed by atoms with Crippen LogP contribution >= 0.6 is 0 Å². The van der Waals surface area contributed by atoms with Gasteiger partial charge in [0.05, 0.1) is 6.20 Å². The molecule has 26 heavy (non-hydrogen) atoms. The molecule has 0 radical (unpaired) electrons. The van der Waals surface area contributed by atoms with Gasteiger partial charge in [0.25, 0.3) is 11.7 Å².